The summed E-state index contributed by atoms with van der Waals surface area (Å²) in [7, 11) is -3.60. The summed E-state index contributed by atoms with van der Waals surface area (Å²) in [6, 6.07) is 1.32. The highest BCUT2D eigenvalue weighted by molar-refractivity contribution is 7.89. The third-order valence-corrected chi connectivity index (χ3v) is 4.92. The molecule has 0 aliphatic carbocycles. The lowest BCUT2D eigenvalue weighted by Gasteiger charge is -2.02. The van der Waals surface area contributed by atoms with Crippen LogP contribution >= 0.6 is 46.1 Å². The topological polar surface area (TPSA) is 46.2 Å². The highest BCUT2D eigenvalue weighted by Crippen LogP contribution is 2.33. The van der Waals surface area contributed by atoms with Crippen molar-refractivity contribution in [1.29, 1.82) is 0 Å². The molecule has 16 heavy (non-hydrogen) atoms. The first kappa shape index (κ1) is 14.3. The Bertz CT molecular complexity index is 481. The Balaban J connectivity index is 2.78. The van der Waals surface area contributed by atoms with Gasteiger partial charge in [-0.05, 0) is 6.07 Å². The van der Waals surface area contributed by atoms with E-state index in [1.165, 1.54) is 6.07 Å². The molecular formula is C8H8Cl3NO2S2. The van der Waals surface area contributed by atoms with Gasteiger partial charge in [0.2, 0.25) is 10.0 Å². The van der Waals surface area contributed by atoms with Crippen LogP contribution < -0.4 is 4.72 Å². The smallest absolute Gasteiger partial charge is 0.207 e. The Kier molecular flexibility index (Phi) is 5.56. The third kappa shape index (κ3) is 3.91. The molecule has 1 aromatic heterocycles. The molecular weight excluding hydrogens is 313 g/mol. The SMILES string of the molecule is O=S(=O)(NC/C=C/CCl)c1cc(Cl)sc1Cl. The molecule has 1 rings (SSSR count). The van der Waals surface area contributed by atoms with Gasteiger partial charge in [-0.3, -0.25) is 0 Å². The maximum atomic E-state index is 11.7. The average molecular weight is 321 g/mol. The van der Waals surface area contributed by atoms with Gasteiger partial charge in [0.1, 0.15) is 9.23 Å². The molecule has 0 aliphatic heterocycles. The van der Waals surface area contributed by atoms with E-state index in [2.05, 4.69) is 4.72 Å². The first-order valence-electron chi connectivity index (χ1n) is 4.13. The van der Waals surface area contributed by atoms with Crippen LogP contribution in [-0.2, 0) is 10.0 Å². The molecule has 1 aromatic rings. The van der Waals surface area contributed by atoms with E-state index in [0.717, 1.165) is 11.3 Å². The maximum Gasteiger partial charge on any atom is 0.243 e. The fourth-order valence-corrected chi connectivity index (χ4v) is 4.14. The number of alkyl halides is 1. The zero-order valence-electron chi connectivity index (χ0n) is 7.91. The Hall–Kier alpha value is 0.220. The molecule has 8 heteroatoms. The van der Waals surface area contributed by atoms with E-state index in [4.69, 9.17) is 34.8 Å². The van der Waals surface area contributed by atoms with Crippen molar-refractivity contribution in [1.82, 2.24) is 4.72 Å². The third-order valence-electron chi connectivity index (χ3n) is 1.56. The van der Waals surface area contributed by atoms with Gasteiger partial charge in [0.15, 0.2) is 0 Å². The van der Waals surface area contributed by atoms with E-state index in [1.54, 1.807) is 12.2 Å². The molecule has 0 atom stereocenters. The van der Waals surface area contributed by atoms with Gasteiger partial charge in [-0.2, -0.15) is 0 Å². The Labute approximate surface area is 113 Å². The van der Waals surface area contributed by atoms with Gasteiger partial charge >= 0.3 is 0 Å². The fourth-order valence-electron chi connectivity index (χ4n) is 0.890. The summed E-state index contributed by atoms with van der Waals surface area (Å²) in [4.78, 5) is 0.00319. The van der Waals surface area contributed by atoms with Crippen LogP contribution in [0.15, 0.2) is 23.1 Å². The molecule has 0 amide bonds. The number of rotatable bonds is 5. The van der Waals surface area contributed by atoms with Gasteiger partial charge in [0, 0.05) is 12.4 Å². The van der Waals surface area contributed by atoms with Crippen LogP contribution in [0.3, 0.4) is 0 Å². The van der Waals surface area contributed by atoms with E-state index in [-0.39, 0.29) is 15.8 Å². The van der Waals surface area contributed by atoms with Crippen LogP contribution in [0, 0.1) is 0 Å². The summed E-state index contributed by atoms with van der Waals surface area (Å²) < 4.78 is 26.3. The van der Waals surface area contributed by atoms with E-state index >= 15 is 0 Å². The van der Waals surface area contributed by atoms with Crippen molar-refractivity contribution >= 4 is 56.2 Å². The van der Waals surface area contributed by atoms with E-state index in [9.17, 15) is 8.42 Å². The van der Waals surface area contributed by atoms with Gasteiger partial charge in [-0.1, -0.05) is 35.4 Å². The number of halogens is 3. The van der Waals surface area contributed by atoms with Crippen molar-refractivity contribution in [3.8, 4) is 0 Å². The standard InChI is InChI=1S/C8H8Cl3NO2S2/c9-3-1-2-4-12-16(13,14)6-5-7(10)15-8(6)11/h1-2,5,12H,3-4H2/b2-1+. The Morgan fingerprint density at radius 3 is 2.56 bits per heavy atom. The molecule has 0 bridgehead atoms. The quantitative estimate of drug-likeness (QED) is 0.669. The lowest BCUT2D eigenvalue weighted by atomic mass is 10.5. The molecule has 0 spiro atoms. The molecule has 3 nitrogen and oxygen atoms in total. The van der Waals surface area contributed by atoms with Crippen molar-refractivity contribution in [2.75, 3.05) is 12.4 Å². The van der Waals surface area contributed by atoms with Gasteiger partial charge < -0.3 is 0 Å². The fraction of sp³-hybridized carbons (Fsp3) is 0.250. The zero-order chi connectivity index (χ0) is 12.2. The first-order valence-corrected chi connectivity index (χ1v) is 7.72. The van der Waals surface area contributed by atoms with Crippen molar-refractivity contribution in [2.24, 2.45) is 0 Å². The minimum atomic E-state index is -3.60. The average Bonchev–Trinajstić information content (AvgIpc) is 2.53. The Morgan fingerprint density at radius 2 is 2.06 bits per heavy atom. The predicted molar refractivity (Wildman–Crippen MR) is 69.4 cm³/mol. The second-order valence-corrected chi connectivity index (χ2v) is 7.00. The molecule has 0 saturated heterocycles. The molecule has 0 saturated carbocycles. The van der Waals surface area contributed by atoms with E-state index in [1.807, 2.05) is 0 Å². The number of allylic oxidation sites excluding steroid dienone is 1. The van der Waals surface area contributed by atoms with Gasteiger partial charge in [0.05, 0.1) is 4.34 Å². The molecule has 0 radical (unpaired) electrons. The summed E-state index contributed by atoms with van der Waals surface area (Å²) >= 11 is 17.8. The molecule has 1 heterocycles. The second-order valence-electron chi connectivity index (χ2n) is 2.67. The van der Waals surface area contributed by atoms with Crippen molar-refractivity contribution in [3.05, 3.63) is 26.9 Å². The second kappa shape index (κ2) is 6.23. The minimum Gasteiger partial charge on any atom is -0.207 e. The normalized spacial score (nSPS) is 12.4. The van der Waals surface area contributed by atoms with Crippen LogP contribution in [-0.4, -0.2) is 20.8 Å². The van der Waals surface area contributed by atoms with E-state index in [0.29, 0.717) is 10.2 Å². The molecule has 0 fully saturated rings. The van der Waals surface area contributed by atoms with Gasteiger partial charge in [-0.15, -0.1) is 22.9 Å². The molecule has 1 N–H and O–H groups in total. The highest BCUT2D eigenvalue weighted by Gasteiger charge is 2.19. The minimum absolute atomic E-state index is 0.00319. The number of nitrogens with one attached hydrogen (secondary N) is 1. The lowest BCUT2D eigenvalue weighted by molar-refractivity contribution is 0.586. The highest BCUT2D eigenvalue weighted by atomic mass is 35.5. The van der Waals surface area contributed by atoms with Crippen molar-refractivity contribution in [3.63, 3.8) is 0 Å². The zero-order valence-corrected chi connectivity index (χ0v) is 11.8. The summed E-state index contributed by atoms with van der Waals surface area (Å²) in [6.45, 7) is 0.166. The number of hydrogen-bond donors (Lipinski definition) is 1. The van der Waals surface area contributed by atoms with Gasteiger partial charge in [0.25, 0.3) is 0 Å². The summed E-state index contributed by atoms with van der Waals surface area (Å²) in [5.74, 6) is 0.340. The molecule has 90 valence electrons. The van der Waals surface area contributed by atoms with Crippen LogP contribution in [0.25, 0.3) is 0 Å². The van der Waals surface area contributed by atoms with Crippen LogP contribution in [0.2, 0.25) is 8.67 Å². The van der Waals surface area contributed by atoms with Crippen LogP contribution in [0.1, 0.15) is 0 Å². The van der Waals surface area contributed by atoms with E-state index < -0.39 is 10.0 Å². The monoisotopic (exact) mass is 319 g/mol. The summed E-state index contributed by atoms with van der Waals surface area (Å²) in [5.41, 5.74) is 0. The first-order chi connectivity index (χ1) is 7.47. The summed E-state index contributed by atoms with van der Waals surface area (Å²) in [6.07, 6.45) is 3.26. The Morgan fingerprint density at radius 1 is 1.38 bits per heavy atom. The predicted octanol–water partition coefficient (Wildman–Crippen LogP) is 3.13. The molecule has 0 aliphatic rings. The molecule has 0 aromatic carbocycles. The maximum absolute atomic E-state index is 11.7. The number of thiophene rings is 1. The van der Waals surface area contributed by atoms with Crippen molar-refractivity contribution in [2.45, 2.75) is 4.90 Å². The molecule has 0 unspecified atom stereocenters. The van der Waals surface area contributed by atoms with Crippen molar-refractivity contribution < 1.29 is 8.42 Å². The number of hydrogen-bond acceptors (Lipinski definition) is 3. The largest absolute Gasteiger partial charge is 0.243 e. The van der Waals surface area contributed by atoms with Crippen LogP contribution in [0.4, 0.5) is 0 Å². The number of sulfonamides is 1. The van der Waals surface area contributed by atoms with Crippen LogP contribution in [0.5, 0.6) is 0 Å². The summed E-state index contributed by atoms with van der Waals surface area (Å²) in [5, 5.41) is 0. The van der Waals surface area contributed by atoms with Gasteiger partial charge in [-0.25, -0.2) is 13.1 Å². The lowest BCUT2D eigenvalue weighted by Crippen LogP contribution is -2.23.